The average molecular weight is 413 g/mol. The molecule has 1 heterocycles. The first-order valence-corrected chi connectivity index (χ1v) is 10.5. The third kappa shape index (κ3) is 4.86. The number of aromatic nitrogens is 2. The lowest BCUT2D eigenvalue weighted by Gasteiger charge is -2.18. The number of nitrogens with zero attached hydrogens (tertiary/aromatic N) is 3. The first-order valence-electron chi connectivity index (χ1n) is 10.5. The average Bonchev–Trinajstić information content (AvgIpc) is 3.04. The van der Waals surface area contributed by atoms with Crippen molar-refractivity contribution >= 4 is 11.0 Å². The molecule has 7 nitrogen and oxygen atoms in total. The van der Waals surface area contributed by atoms with Gasteiger partial charge < -0.3 is 28.6 Å². The summed E-state index contributed by atoms with van der Waals surface area (Å²) in [6.45, 7) is 8.30. The summed E-state index contributed by atoms with van der Waals surface area (Å²) >= 11 is 0. The van der Waals surface area contributed by atoms with Gasteiger partial charge in [-0.25, -0.2) is 0 Å². The molecule has 0 saturated heterocycles. The predicted octanol–water partition coefficient (Wildman–Crippen LogP) is 2.71. The molecule has 2 aromatic carbocycles. The third-order valence-corrected chi connectivity index (χ3v) is 5.40. The van der Waals surface area contributed by atoms with Gasteiger partial charge in [0.25, 0.3) is 0 Å². The number of imidazole rings is 1. The van der Waals surface area contributed by atoms with E-state index in [4.69, 9.17) is 14.9 Å². The van der Waals surface area contributed by atoms with Crippen molar-refractivity contribution in [1.82, 2.24) is 14.0 Å². The lowest BCUT2D eigenvalue weighted by atomic mass is 10.3. The van der Waals surface area contributed by atoms with Gasteiger partial charge in [-0.1, -0.05) is 38.1 Å². The zero-order valence-corrected chi connectivity index (χ0v) is 18.0. The maximum absolute atomic E-state index is 10.6. The second kappa shape index (κ2) is 10.3. The molecule has 0 aliphatic heterocycles. The van der Waals surface area contributed by atoms with E-state index >= 15 is 0 Å². The van der Waals surface area contributed by atoms with Gasteiger partial charge in [-0.3, -0.25) is 5.41 Å². The normalized spacial score (nSPS) is 12.4. The molecule has 7 heteroatoms. The quantitative estimate of drug-likeness (QED) is 0.508. The number of rotatable bonds is 11. The molecule has 2 N–H and O–H groups in total. The van der Waals surface area contributed by atoms with Crippen molar-refractivity contribution in [2.45, 2.75) is 33.0 Å². The van der Waals surface area contributed by atoms with Crippen LogP contribution in [0.5, 0.6) is 11.5 Å². The summed E-state index contributed by atoms with van der Waals surface area (Å²) in [6, 6.07) is 15.3. The van der Waals surface area contributed by atoms with E-state index in [-0.39, 0.29) is 13.2 Å². The summed E-state index contributed by atoms with van der Waals surface area (Å²) < 4.78 is 14.9. The van der Waals surface area contributed by atoms with Crippen LogP contribution in [0.15, 0.2) is 48.5 Å². The molecule has 0 spiro atoms. The van der Waals surface area contributed by atoms with Crippen LogP contribution in [-0.4, -0.2) is 58.6 Å². The highest BCUT2D eigenvalue weighted by atomic mass is 16.5. The molecule has 0 saturated carbocycles. The number of fused-ring (bicyclic) bond motifs is 1. The Kier molecular flexibility index (Phi) is 7.54. The highest BCUT2D eigenvalue weighted by molar-refractivity contribution is 5.75. The van der Waals surface area contributed by atoms with Gasteiger partial charge in [-0.15, -0.1) is 0 Å². The van der Waals surface area contributed by atoms with E-state index in [1.807, 2.05) is 57.7 Å². The van der Waals surface area contributed by atoms with E-state index in [0.29, 0.717) is 17.1 Å². The Morgan fingerprint density at radius 1 is 0.967 bits per heavy atom. The number of hydrogen-bond donors (Lipinski definition) is 2. The van der Waals surface area contributed by atoms with Crippen molar-refractivity contribution < 1.29 is 14.6 Å². The zero-order chi connectivity index (χ0) is 21.5. The monoisotopic (exact) mass is 412 g/mol. The Morgan fingerprint density at radius 3 is 2.20 bits per heavy atom. The number of nitrogens with one attached hydrogen (secondary N) is 1. The molecular weight excluding hydrogens is 380 g/mol. The molecule has 0 amide bonds. The molecule has 0 aliphatic carbocycles. The molecule has 3 rings (SSSR count). The number of ether oxygens (including phenoxy) is 2. The summed E-state index contributed by atoms with van der Waals surface area (Å²) in [4.78, 5) is 2.34. The van der Waals surface area contributed by atoms with Crippen molar-refractivity contribution in [2.24, 2.45) is 0 Å². The number of methoxy groups -OCH3 is 1. The van der Waals surface area contributed by atoms with Crippen molar-refractivity contribution in [3.05, 3.63) is 54.1 Å². The molecule has 30 heavy (non-hydrogen) atoms. The van der Waals surface area contributed by atoms with Crippen molar-refractivity contribution in [3.63, 3.8) is 0 Å². The summed E-state index contributed by atoms with van der Waals surface area (Å²) in [5.74, 6) is 1.23. The lowest BCUT2D eigenvalue weighted by Crippen LogP contribution is -2.34. The predicted molar refractivity (Wildman–Crippen MR) is 118 cm³/mol. The van der Waals surface area contributed by atoms with Crippen LogP contribution in [0.4, 0.5) is 0 Å². The minimum Gasteiger partial charge on any atom is -0.493 e. The Labute approximate surface area is 177 Å². The summed E-state index contributed by atoms with van der Waals surface area (Å²) in [6.07, 6.45) is -0.758. The van der Waals surface area contributed by atoms with Crippen LogP contribution in [-0.2, 0) is 13.1 Å². The van der Waals surface area contributed by atoms with E-state index in [2.05, 4.69) is 18.7 Å². The number of benzene rings is 2. The van der Waals surface area contributed by atoms with E-state index < -0.39 is 6.10 Å². The van der Waals surface area contributed by atoms with E-state index in [0.717, 1.165) is 37.2 Å². The molecule has 1 atom stereocenters. The van der Waals surface area contributed by atoms with Crippen LogP contribution >= 0.6 is 0 Å². The van der Waals surface area contributed by atoms with Gasteiger partial charge in [0.1, 0.15) is 12.7 Å². The smallest absolute Gasteiger partial charge is 0.203 e. The van der Waals surface area contributed by atoms with Crippen LogP contribution in [0.3, 0.4) is 0 Å². The zero-order valence-electron chi connectivity index (χ0n) is 18.0. The SMILES string of the molecule is CCN(CC)CCn1c(=N)n(C[C@@H](O)COc2ccccc2OC)c2ccccc21. The number of para-hydroxylation sites is 4. The van der Waals surface area contributed by atoms with Gasteiger partial charge in [0.15, 0.2) is 11.5 Å². The maximum Gasteiger partial charge on any atom is 0.203 e. The van der Waals surface area contributed by atoms with E-state index in [9.17, 15) is 5.11 Å². The second-order valence-corrected chi connectivity index (χ2v) is 7.22. The summed E-state index contributed by atoms with van der Waals surface area (Å²) in [7, 11) is 1.59. The van der Waals surface area contributed by atoms with E-state index in [1.54, 1.807) is 7.11 Å². The van der Waals surface area contributed by atoms with Crippen LogP contribution in [0.2, 0.25) is 0 Å². The standard InChI is InChI=1S/C23H32N4O3/c1-4-25(5-2)14-15-26-19-10-6-7-11-20(19)27(23(26)24)16-18(28)17-30-22-13-9-8-12-21(22)29-3/h6-13,18,24,28H,4-5,14-17H2,1-3H3/t18-/m1/s1. The van der Waals surface area contributed by atoms with Gasteiger partial charge in [0, 0.05) is 13.1 Å². The van der Waals surface area contributed by atoms with Crippen LogP contribution in [0.1, 0.15) is 13.8 Å². The second-order valence-electron chi connectivity index (χ2n) is 7.22. The van der Waals surface area contributed by atoms with Crippen LogP contribution in [0, 0.1) is 5.41 Å². The number of aliphatic hydroxyl groups is 1. The first kappa shape index (κ1) is 21.9. The first-order chi connectivity index (χ1) is 14.6. The fourth-order valence-electron chi connectivity index (χ4n) is 3.67. The molecule has 1 aromatic heterocycles. The summed E-state index contributed by atoms with van der Waals surface area (Å²) in [5.41, 5.74) is 2.34. The van der Waals surface area contributed by atoms with Crippen molar-refractivity contribution in [1.29, 1.82) is 5.41 Å². The number of likely N-dealkylation sites (N-methyl/N-ethyl adjacent to an activating group) is 1. The van der Waals surface area contributed by atoms with Crippen LogP contribution in [0.25, 0.3) is 11.0 Å². The van der Waals surface area contributed by atoms with Crippen molar-refractivity contribution in [2.75, 3.05) is 33.4 Å². The van der Waals surface area contributed by atoms with Crippen LogP contribution < -0.4 is 15.1 Å². The van der Waals surface area contributed by atoms with Gasteiger partial charge in [0.2, 0.25) is 5.62 Å². The van der Waals surface area contributed by atoms with Gasteiger partial charge in [-0.05, 0) is 37.4 Å². The highest BCUT2D eigenvalue weighted by Crippen LogP contribution is 2.25. The molecule has 0 bridgehead atoms. The van der Waals surface area contributed by atoms with Gasteiger partial charge in [0.05, 0.1) is 24.7 Å². The third-order valence-electron chi connectivity index (χ3n) is 5.40. The molecule has 0 fully saturated rings. The minimum atomic E-state index is -0.758. The molecule has 0 radical (unpaired) electrons. The Morgan fingerprint density at radius 2 is 1.57 bits per heavy atom. The minimum absolute atomic E-state index is 0.117. The molecule has 162 valence electrons. The highest BCUT2D eigenvalue weighted by Gasteiger charge is 2.15. The number of aliphatic hydroxyl groups excluding tert-OH is 1. The summed E-state index contributed by atoms with van der Waals surface area (Å²) in [5, 5.41) is 19.3. The fraction of sp³-hybridized carbons (Fsp3) is 0.435. The largest absolute Gasteiger partial charge is 0.493 e. The molecule has 0 unspecified atom stereocenters. The maximum atomic E-state index is 10.6. The lowest BCUT2D eigenvalue weighted by molar-refractivity contribution is 0.0905. The van der Waals surface area contributed by atoms with E-state index in [1.165, 1.54) is 0 Å². The number of hydrogen-bond acceptors (Lipinski definition) is 5. The Balaban J connectivity index is 1.77. The Bertz CT molecular complexity index is 1010. The van der Waals surface area contributed by atoms with Gasteiger partial charge >= 0.3 is 0 Å². The fourth-order valence-corrected chi connectivity index (χ4v) is 3.67. The van der Waals surface area contributed by atoms with Crippen molar-refractivity contribution in [3.8, 4) is 11.5 Å². The topological polar surface area (TPSA) is 75.6 Å². The molecule has 3 aromatic rings. The Hall–Kier alpha value is -2.77. The van der Waals surface area contributed by atoms with Gasteiger partial charge in [-0.2, -0.15) is 0 Å². The molecule has 0 aliphatic rings. The molecular formula is C23H32N4O3.